The fraction of sp³-hybridized carbons (Fsp3) is 0.207. The van der Waals surface area contributed by atoms with Crippen molar-refractivity contribution in [1.82, 2.24) is 10.0 Å². The maximum Gasteiger partial charge on any atom is 0.379 e. The minimum absolute atomic E-state index is 0.0254. The highest BCUT2D eigenvalue weighted by molar-refractivity contribution is 6.30. The molecule has 0 bridgehead atoms. The highest BCUT2D eigenvalue weighted by atomic mass is 35.5. The Morgan fingerprint density at radius 1 is 0.974 bits per heavy atom. The fourth-order valence-corrected chi connectivity index (χ4v) is 4.85. The molecule has 1 saturated heterocycles. The Hall–Kier alpha value is -4.50. The largest absolute Gasteiger partial charge is 0.457 e. The number of Topliss-reactive ketones (excluding diaryl/α,β-unsaturated/α-hetero) is 1. The van der Waals surface area contributed by atoms with E-state index in [4.69, 9.17) is 20.8 Å². The first-order valence-corrected chi connectivity index (χ1v) is 12.6. The summed E-state index contributed by atoms with van der Waals surface area (Å²) in [5.74, 6) is -3.88. The third-order valence-electron chi connectivity index (χ3n) is 6.77. The van der Waals surface area contributed by atoms with E-state index in [-0.39, 0.29) is 22.6 Å². The van der Waals surface area contributed by atoms with Gasteiger partial charge in [-0.3, -0.25) is 19.2 Å². The van der Waals surface area contributed by atoms with Gasteiger partial charge >= 0.3 is 5.97 Å². The number of hydrogen-bond acceptors (Lipinski definition) is 7. The SMILES string of the molecule is CC1=CC[C@H]2C(=O)N(N(CC(=O)c3ccc(OC(=O)c4ccco4)cc3)C(=O)c3ccc(Cl)cc3)C(=O)[C@H]2C1. The smallest absolute Gasteiger partial charge is 0.379 e. The van der Waals surface area contributed by atoms with Crippen molar-refractivity contribution >= 4 is 41.1 Å². The molecule has 1 fully saturated rings. The second-order valence-electron chi connectivity index (χ2n) is 9.38. The molecule has 3 amide bonds. The van der Waals surface area contributed by atoms with Crippen LogP contribution in [0.2, 0.25) is 5.02 Å². The number of ketones is 1. The number of halogens is 1. The van der Waals surface area contributed by atoms with Gasteiger partial charge in [0.05, 0.1) is 18.1 Å². The average molecular weight is 547 g/mol. The van der Waals surface area contributed by atoms with Crippen molar-refractivity contribution < 1.29 is 33.1 Å². The van der Waals surface area contributed by atoms with E-state index in [0.29, 0.717) is 17.9 Å². The summed E-state index contributed by atoms with van der Waals surface area (Å²) < 4.78 is 10.2. The number of nitrogens with zero attached hydrogens (tertiary/aromatic N) is 2. The van der Waals surface area contributed by atoms with E-state index in [1.54, 1.807) is 6.07 Å². The molecule has 2 aliphatic rings. The van der Waals surface area contributed by atoms with Gasteiger partial charge in [0.25, 0.3) is 17.7 Å². The zero-order valence-corrected chi connectivity index (χ0v) is 21.6. The number of ether oxygens (including phenoxy) is 1. The van der Waals surface area contributed by atoms with Crippen LogP contribution in [0.1, 0.15) is 51.0 Å². The van der Waals surface area contributed by atoms with Crippen molar-refractivity contribution in [3.05, 3.63) is 100 Å². The maximum atomic E-state index is 13.6. The van der Waals surface area contributed by atoms with Crippen LogP contribution >= 0.6 is 11.6 Å². The van der Waals surface area contributed by atoms with Gasteiger partial charge in [-0.05, 0) is 80.4 Å². The predicted octanol–water partition coefficient (Wildman–Crippen LogP) is 4.73. The monoisotopic (exact) mass is 546 g/mol. The minimum atomic E-state index is -0.698. The van der Waals surface area contributed by atoms with Gasteiger partial charge in [0, 0.05) is 16.1 Å². The number of amides is 3. The Labute approximate surface area is 228 Å². The lowest BCUT2D eigenvalue weighted by Crippen LogP contribution is -2.52. The van der Waals surface area contributed by atoms with Crippen molar-refractivity contribution in [2.24, 2.45) is 11.8 Å². The molecular formula is C29H23ClN2O7. The zero-order chi connectivity index (χ0) is 27.7. The zero-order valence-electron chi connectivity index (χ0n) is 20.8. The van der Waals surface area contributed by atoms with Gasteiger partial charge in [-0.25, -0.2) is 9.80 Å². The molecule has 2 aromatic carbocycles. The highest BCUT2D eigenvalue weighted by Gasteiger charge is 2.51. The second-order valence-corrected chi connectivity index (χ2v) is 9.81. The number of rotatable bonds is 7. The lowest BCUT2D eigenvalue weighted by atomic mass is 9.82. The van der Waals surface area contributed by atoms with Crippen LogP contribution in [0, 0.1) is 11.8 Å². The molecule has 1 aliphatic heterocycles. The van der Waals surface area contributed by atoms with E-state index >= 15 is 0 Å². The third-order valence-corrected chi connectivity index (χ3v) is 7.02. The van der Waals surface area contributed by atoms with Crippen molar-refractivity contribution in [1.29, 1.82) is 0 Å². The number of esters is 1. The summed E-state index contributed by atoms with van der Waals surface area (Å²) in [7, 11) is 0. The van der Waals surface area contributed by atoms with Crippen LogP contribution in [0.15, 0.2) is 83.0 Å². The van der Waals surface area contributed by atoms with Crippen molar-refractivity contribution in [3.8, 4) is 5.75 Å². The van der Waals surface area contributed by atoms with Gasteiger partial charge in [0.2, 0.25) is 5.76 Å². The summed E-state index contributed by atoms with van der Waals surface area (Å²) in [5, 5.41) is 2.15. The molecule has 198 valence electrons. The van der Waals surface area contributed by atoms with Gasteiger partial charge in [-0.15, -0.1) is 0 Å². The number of fused-ring (bicyclic) bond motifs is 1. The molecule has 2 atom stereocenters. The Morgan fingerprint density at radius 2 is 1.64 bits per heavy atom. The molecule has 1 aromatic heterocycles. The van der Waals surface area contributed by atoms with Gasteiger partial charge < -0.3 is 9.15 Å². The molecule has 0 spiro atoms. The first kappa shape index (κ1) is 26.1. The van der Waals surface area contributed by atoms with Crippen molar-refractivity contribution in [3.63, 3.8) is 0 Å². The summed E-state index contributed by atoms with van der Waals surface area (Å²) in [5.41, 5.74) is 1.35. The standard InChI is InChI=1S/C29H23ClN2O7/c1-17-4-13-22-23(15-17)28(36)32(27(22)35)31(26(34)19-5-9-20(30)10-6-19)16-24(33)18-7-11-21(12-8-18)39-29(37)25-3-2-14-38-25/h2-12,14,22-23H,13,15-16H2,1H3/t22-,23+/m1/s1. The Kier molecular flexibility index (Phi) is 7.17. The Balaban J connectivity index is 1.39. The molecule has 10 heteroatoms. The summed E-state index contributed by atoms with van der Waals surface area (Å²) in [4.78, 5) is 65.7. The third kappa shape index (κ3) is 5.26. The number of hydrogen-bond donors (Lipinski definition) is 0. The first-order chi connectivity index (χ1) is 18.7. The summed E-state index contributed by atoms with van der Waals surface area (Å²) in [6, 6.07) is 14.7. The van der Waals surface area contributed by atoms with Crippen LogP contribution in [-0.2, 0) is 9.59 Å². The van der Waals surface area contributed by atoms with Crippen LogP contribution in [0.5, 0.6) is 5.75 Å². The van der Waals surface area contributed by atoms with Gasteiger partial charge in [0.15, 0.2) is 5.78 Å². The van der Waals surface area contributed by atoms with Crippen molar-refractivity contribution in [2.45, 2.75) is 19.8 Å². The lowest BCUT2D eigenvalue weighted by molar-refractivity contribution is -0.154. The number of carbonyl (C=O) groups excluding carboxylic acids is 5. The predicted molar refractivity (Wildman–Crippen MR) is 139 cm³/mol. The molecule has 1 aliphatic carbocycles. The van der Waals surface area contributed by atoms with E-state index in [1.807, 2.05) is 13.0 Å². The topological polar surface area (TPSA) is 114 Å². The highest BCUT2D eigenvalue weighted by Crippen LogP contribution is 2.38. The van der Waals surface area contributed by atoms with Crippen LogP contribution in [0.25, 0.3) is 0 Å². The Bertz CT molecular complexity index is 1480. The average Bonchev–Trinajstić information content (AvgIpc) is 3.55. The maximum absolute atomic E-state index is 13.6. The van der Waals surface area contributed by atoms with E-state index < -0.39 is 47.9 Å². The van der Waals surface area contributed by atoms with Gasteiger partial charge in [0.1, 0.15) is 12.3 Å². The van der Waals surface area contributed by atoms with Gasteiger partial charge in [-0.2, -0.15) is 5.01 Å². The molecule has 0 saturated carbocycles. The number of benzene rings is 2. The number of allylic oxidation sites excluding steroid dienone is 2. The fourth-order valence-electron chi connectivity index (χ4n) is 4.72. The number of furan rings is 1. The van der Waals surface area contributed by atoms with E-state index in [0.717, 1.165) is 15.6 Å². The van der Waals surface area contributed by atoms with E-state index in [9.17, 15) is 24.0 Å². The lowest BCUT2D eigenvalue weighted by Gasteiger charge is -2.30. The molecule has 9 nitrogen and oxygen atoms in total. The van der Waals surface area contributed by atoms with Gasteiger partial charge in [-0.1, -0.05) is 23.3 Å². The number of hydrazine groups is 1. The first-order valence-electron chi connectivity index (χ1n) is 12.2. The number of carbonyl (C=O) groups is 5. The summed E-state index contributed by atoms with van der Waals surface area (Å²) >= 11 is 5.96. The number of imide groups is 1. The summed E-state index contributed by atoms with van der Waals surface area (Å²) in [6.07, 6.45) is 4.08. The van der Waals surface area contributed by atoms with Crippen LogP contribution in [-0.4, -0.2) is 46.0 Å². The Morgan fingerprint density at radius 3 is 2.31 bits per heavy atom. The minimum Gasteiger partial charge on any atom is -0.457 e. The normalized spacial score (nSPS) is 18.4. The second kappa shape index (κ2) is 10.7. The molecule has 3 aromatic rings. The molecule has 0 N–H and O–H groups in total. The van der Waals surface area contributed by atoms with Crippen LogP contribution in [0.3, 0.4) is 0 Å². The van der Waals surface area contributed by atoms with Crippen LogP contribution < -0.4 is 4.74 Å². The quantitative estimate of drug-likeness (QED) is 0.138. The molecule has 0 radical (unpaired) electrons. The van der Waals surface area contributed by atoms with Crippen LogP contribution in [0.4, 0.5) is 0 Å². The molecule has 2 heterocycles. The van der Waals surface area contributed by atoms with Crippen molar-refractivity contribution in [2.75, 3.05) is 6.54 Å². The molecule has 39 heavy (non-hydrogen) atoms. The molecular weight excluding hydrogens is 524 g/mol. The van der Waals surface area contributed by atoms with E-state index in [2.05, 4.69) is 0 Å². The molecule has 5 rings (SSSR count). The summed E-state index contributed by atoms with van der Waals surface area (Å²) in [6.45, 7) is 1.34. The molecule has 0 unspecified atom stereocenters. The van der Waals surface area contributed by atoms with E-state index in [1.165, 1.54) is 60.9 Å².